The second kappa shape index (κ2) is 4.77. The lowest BCUT2D eigenvalue weighted by Crippen LogP contribution is -2.48. The van der Waals surface area contributed by atoms with Crippen LogP contribution < -0.4 is 10.1 Å². The zero-order valence-electron chi connectivity index (χ0n) is 10.0. The molecule has 1 saturated carbocycles. The van der Waals surface area contributed by atoms with Crippen molar-refractivity contribution < 1.29 is 14.8 Å². The van der Waals surface area contributed by atoms with Gasteiger partial charge in [-0.15, -0.1) is 0 Å². The Bertz CT molecular complexity index is 454. The van der Waals surface area contributed by atoms with Gasteiger partial charge in [-0.2, -0.15) is 4.98 Å². The van der Waals surface area contributed by atoms with E-state index in [4.69, 9.17) is 4.74 Å². The Morgan fingerprint density at radius 2 is 2.33 bits per heavy atom. The number of aliphatic hydroxyl groups is 1. The fraction of sp³-hybridized carbons (Fsp3) is 0.545. The molecule has 7 heteroatoms. The van der Waals surface area contributed by atoms with E-state index >= 15 is 0 Å². The first-order valence-corrected chi connectivity index (χ1v) is 5.69. The van der Waals surface area contributed by atoms with Gasteiger partial charge in [0.1, 0.15) is 0 Å². The first-order chi connectivity index (χ1) is 8.60. The van der Waals surface area contributed by atoms with Crippen molar-refractivity contribution in [3.05, 3.63) is 22.2 Å². The number of rotatable bonds is 5. The maximum atomic E-state index is 10.9. The number of pyridine rings is 1. The number of methoxy groups -OCH3 is 1. The Morgan fingerprint density at radius 1 is 1.61 bits per heavy atom. The van der Waals surface area contributed by atoms with Crippen LogP contribution in [0.1, 0.15) is 19.3 Å². The van der Waals surface area contributed by atoms with Crippen molar-refractivity contribution in [1.82, 2.24) is 4.98 Å². The van der Waals surface area contributed by atoms with Gasteiger partial charge in [0.05, 0.1) is 24.2 Å². The number of nitrogens with zero attached hydrogens (tertiary/aromatic N) is 2. The van der Waals surface area contributed by atoms with E-state index in [-0.39, 0.29) is 18.1 Å². The molecule has 1 aromatic heterocycles. The molecule has 0 aliphatic heterocycles. The third kappa shape index (κ3) is 2.21. The Balaban J connectivity index is 2.31. The molecule has 1 aliphatic carbocycles. The highest BCUT2D eigenvalue weighted by atomic mass is 16.6. The highest BCUT2D eigenvalue weighted by Gasteiger charge is 2.38. The van der Waals surface area contributed by atoms with Crippen LogP contribution in [-0.2, 0) is 0 Å². The summed E-state index contributed by atoms with van der Waals surface area (Å²) >= 11 is 0. The molecule has 0 radical (unpaired) electrons. The summed E-state index contributed by atoms with van der Waals surface area (Å²) in [4.78, 5) is 14.5. The van der Waals surface area contributed by atoms with E-state index < -0.39 is 10.5 Å². The molecule has 0 aromatic carbocycles. The summed E-state index contributed by atoms with van der Waals surface area (Å²) in [6, 6.07) is 2.79. The number of aliphatic hydroxyl groups excluding tert-OH is 1. The summed E-state index contributed by atoms with van der Waals surface area (Å²) in [5.41, 5.74) is -0.597. The average molecular weight is 253 g/mol. The van der Waals surface area contributed by atoms with E-state index in [9.17, 15) is 15.2 Å². The fourth-order valence-electron chi connectivity index (χ4n) is 1.96. The van der Waals surface area contributed by atoms with Crippen molar-refractivity contribution in [2.24, 2.45) is 0 Å². The van der Waals surface area contributed by atoms with Gasteiger partial charge in [-0.3, -0.25) is 10.1 Å². The van der Waals surface area contributed by atoms with E-state index in [1.54, 1.807) is 0 Å². The molecule has 7 nitrogen and oxygen atoms in total. The third-order valence-corrected chi connectivity index (χ3v) is 3.25. The lowest BCUT2D eigenvalue weighted by atomic mass is 9.77. The second-order valence-electron chi connectivity index (χ2n) is 4.40. The quantitative estimate of drug-likeness (QED) is 0.606. The van der Waals surface area contributed by atoms with E-state index in [2.05, 4.69) is 10.3 Å². The molecule has 1 heterocycles. The smallest absolute Gasteiger partial charge is 0.311 e. The Labute approximate surface area is 104 Å². The number of aromatic nitrogens is 1. The van der Waals surface area contributed by atoms with Crippen molar-refractivity contribution in [1.29, 1.82) is 0 Å². The Hall–Kier alpha value is -1.89. The topological polar surface area (TPSA) is 97.5 Å². The molecular formula is C11H15N3O4. The zero-order chi connectivity index (χ0) is 13.2. The lowest BCUT2D eigenvalue weighted by molar-refractivity contribution is -0.384. The molecule has 1 fully saturated rings. The van der Waals surface area contributed by atoms with Gasteiger partial charge in [0.15, 0.2) is 0 Å². The normalized spacial score (nSPS) is 16.8. The van der Waals surface area contributed by atoms with E-state index in [1.165, 1.54) is 19.2 Å². The van der Waals surface area contributed by atoms with Gasteiger partial charge in [0.25, 0.3) is 0 Å². The molecule has 1 aromatic rings. The van der Waals surface area contributed by atoms with Crippen LogP contribution in [-0.4, -0.2) is 34.3 Å². The van der Waals surface area contributed by atoms with Gasteiger partial charge in [0.2, 0.25) is 11.7 Å². The van der Waals surface area contributed by atoms with Crippen LogP contribution in [0.4, 0.5) is 11.5 Å². The highest BCUT2D eigenvalue weighted by Crippen LogP contribution is 2.37. The third-order valence-electron chi connectivity index (χ3n) is 3.25. The molecule has 18 heavy (non-hydrogen) atoms. The van der Waals surface area contributed by atoms with Crippen molar-refractivity contribution in [3.63, 3.8) is 0 Å². The maximum Gasteiger partial charge on any atom is 0.311 e. The molecule has 2 N–H and O–H groups in total. The van der Waals surface area contributed by atoms with E-state index in [0.29, 0.717) is 5.88 Å². The molecule has 0 atom stereocenters. The van der Waals surface area contributed by atoms with E-state index in [0.717, 1.165) is 19.3 Å². The molecule has 98 valence electrons. The number of nitrogens with one attached hydrogen (secondary N) is 1. The molecule has 1 aliphatic rings. The monoisotopic (exact) mass is 253 g/mol. The molecular weight excluding hydrogens is 238 g/mol. The molecule has 0 amide bonds. The zero-order valence-corrected chi connectivity index (χ0v) is 10.0. The number of hydrogen-bond donors (Lipinski definition) is 2. The first-order valence-electron chi connectivity index (χ1n) is 5.69. The summed E-state index contributed by atoms with van der Waals surface area (Å²) in [6.07, 6.45) is 2.55. The van der Waals surface area contributed by atoms with Crippen molar-refractivity contribution >= 4 is 11.5 Å². The van der Waals surface area contributed by atoms with Crippen LogP contribution >= 0.6 is 0 Å². The Kier molecular flexibility index (Phi) is 3.33. The van der Waals surface area contributed by atoms with Gasteiger partial charge < -0.3 is 15.2 Å². The largest absolute Gasteiger partial charge is 0.481 e. The number of ether oxygens (including phenoxy) is 1. The molecule has 0 spiro atoms. The summed E-state index contributed by atoms with van der Waals surface area (Å²) in [5, 5.41) is 23.3. The Morgan fingerprint density at radius 3 is 2.78 bits per heavy atom. The predicted molar refractivity (Wildman–Crippen MR) is 64.7 cm³/mol. The lowest BCUT2D eigenvalue weighted by Gasteiger charge is -2.41. The van der Waals surface area contributed by atoms with Crippen molar-refractivity contribution in [3.8, 4) is 5.88 Å². The van der Waals surface area contributed by atoms with Crippen LogP contribution in [0.2, 0.25) is 0 Å². The van der Waals surface area contributed by atoms with Crippen molar-refractivity contribution in [2.45, 2.75) is 24.8 Å². The fourth-order valence-corrected chi connectivity index (χ4v) is 1.96. The van der Waals surface area contributed by atoms with Crippen LogP contribution in [0.3, 0.4) is 0 Å². The first kappa shape index (κ1) is 12.6. The molecule has 0 saturated heterocycles. The van der Waals surface area contributed by atoms with Crippen LogP contribution in [0, 0.1) is 10.1 Å². The van der Waals surface area contributed by atoms with Gasteiger partial charge in [-0.05, 0) is 19.3 Å². The average Bonchev–Trinajstić information content (AvgIpc) is 2.33. The minimum Gasteiger partial charge on any atom is -0.481 e. The summed E-state index contributed by atoms with van der Waals surface area (Å²) in [7, 11) is 1.45. The van der Waals surface area contributed by atoms with Crippen LogP contribution in [0.15, 0.2) is 12.1 Å². The number of anilines is 1. The molecule has 2 rings (SSSR count). The summed E-state index contributed by atoms with van der Waals surface area (Å²) in [6.45, 7) is -0.0664. The highest BCUT2D eigenvalue weighted by molar-refractivity contribution is 5.58. The van der Waals surface area contributed by atoms with Gasteiger partial charge in [-0.1, -0.05) is 0 Å². The SMILES string of the molecule is COc1ccc([N+](=O)[O-])c(NC2(CO)CCC2)n1. The second-order valence-corrected chi connectivity index (χ2v) is 4.40. The van der Waals surface area contributed by atoms with Gasteiger partial charge in [0, 0.05) is 12.1 Å². The molecule has 0 bridgehead atoms. The van der Waals surface area contributed by atoms with Crippen LogP contribution in [0.5, 0.6) is 5.88 Å². The minimum atomic E-state index is -0.501. The van der Waals surface area contributed by atoms with Gasteiger partial charge >= 0.3 is 5.69 Å². The van der Waals surface area contributed by atoms with Crippen molar-refractivity contribution in [2.75, 3.05) is 19.0 Å². The number of hydrogen-bond acceptors (Lipinski definition) is 6. The summed E-state index contributed by atoms with van der Waals surface area (Å²) < 4.78 is 4.95. The summed E-state index contributed by atoms with van der Waals surface area (Å²) in [5.74, 6) is 0.448. The predicted octanol–water partition coefficient (Wildman–Crippen LogP) is 1.33. The minimum absolute atomic E-state index is 0.0664. The standard InChI is InChI=1S/C11H15N3O4/c1-18-9-4-3-8(14(16)17)10(12-9)13-11(7-15)5-2-6-11/h3-4,15H,2,5-7H2,1H3,(H,12,13). The molecule has 0 unspecified atom stereocenters. The number of nitro groups is 1. The maximum absolute atomic E-state index is 10.9. The van der Waals surface area contributed by atoms with Crippen LogP contribution in [0.25, 0.3) is 0 Å². The van der Waals surface area contributed by atoms with E-state index in [1.807, 2.05) is 0 Å². The van der Waals surface area contributed by atoms with Gasteiger partial charge in [-0.25, -0.2) is 0 Å².